The van der Waals surface area contributed by atoms with Gasteiger partial charge in [-0.1, -0.05) is 11.6 Å². The number of nitrogens with zero attached hydrogens (tertiary/aromatic N) is 3. The number of hydrogen-bond donors (Lipinski definition) is 0. The molecule has 0 N–H and O–H groups in total. The lowest BCUT2D eigenvalue weighted by atomic mass is 10.1. The van der Waals surface area contributed by atoms with Gasteiger partial charge in [0.15, 0.2) is 0 Å². The van der Waals surface area contributed by atoms with Crippen molar-refractivity contribution in [2.24, 2.45) is 7.05 Å². The van der Waals surface area contributed by atoms with Gasteiger partial charge >= 0.3 is 0 Å². The van der Waals surface area contributed by atoms with Crippen LogP contribution < -0.4 is 4.74 Å². The minimum absolute atomic E-state index is 0.658. The average Bonchev–Trinajstić information content (AvgIpc) is 2.67. The van der Waals surface area contributed by atoms with Gasteiger partial charge in [-0.05, 0) is 36.8 Å². The van der Waals surface area contributed by atoms with Gasteiger partial charge in [0.05, 0.1) is 0 Å². The van der Waals surface area contributed by atoms with E-state index in [-0.39, 0.29) is 0 Å². The van der Waals surface area contributed by atoms with E-state index in [0.717, 1.165) is 41.7 Å². The first kappa shape index (κ1) is 15.0. The number of hydrogen-bond acceptors (Lipinski definition) is 3. The van der Waals surface area contributed by atoms with Crippen molar-refractivity contribution in [2.75, 3.05) is 13.2 Å². The highest BCUT2D eigenvalue weighted by molar-refractivity contribution is 6.30. The van der Waals surface area contributed by atoms with E-state index in [1.54, 1.807) is 0 Å². The Kier molecular flexibility index (Phi) is 4.10. The number of fused-ring (bicyclic) bond motifs is 1. The van der Waals surface area contributed by atoms with Crippen molar-refractivity contribution < 1.29 is 4.74 Å². The molecule has 0 saturated heterocycles. The highest BCUT2D eigenvalue weighted by Crippen LogP contribution is 2.27. The zero-order chi connectivity index (χ0) is 15.7. The van der Waals surface area contributed by atoms with Crippen molar-refractivity contribution in [1.29, 1.82) is 5.26 Å². The molecule has 2 aromatic rings. The maximum absolute atomic E-state index is 9.15. The Balaban J connectivity index is 1.83. The lowest BCUT2D eigenvalue weighted by Crippen LogP contribution is -2.25. The molecule has 4 nitrogen and oxygen atoms in total. The van der Waals surface area contributed by atoms with Crippen LogP contribution in [0.3, 0.4) is 0 Å². The Morgan fingerprint density at radius 2 is 2.18 bits per heavy atom. The highest BCUT2D eigenvalue weighted by Gasteiger charge is 2.18. The van der Waals surface area contributed by atoms with Crippen LogP contribution in [0.25, 0.3) is 0 Å². The molecule has 5 heteroatoms. The predicted octanol–water partition coefficient (Wildman–Crippen LogP) is 3.25. The second kappa shape index (κ2) is 6.04. The molecule has 1 aromatic heterocycles. The Hall–Kier alpha value is -1.96. The van der Waals surface area contributed by atoms with E-state index >= 15 is 0 Å². The molecule has 0 unspecified atom stereocenters. The quantitative estimate of drug-likeness (QED) is 0.854. The fraction of sp³-hybridized carbons (Fsp3) is 0.353. The Labute approximate surface area is 135 Å². The van der Waals surface area contributed by atoms with Crippen LogP contribution >= 0.6 is 11.6 Å². The maximum atomic E-state index is 9.15. The summed E-state index contributed by atoms with van der Waals surface area (Å²) in [7, 11) is 1.93. The van der Waals surface area contributed by atoms with Crippen LogP contribution in [0.1, 0.15) is 22.5 Å². The first-order valence-electron chi connectivity index (χ1n) is 7.27. The zero-order valence-corrected chi connectivity index (χ0v) is 13.5. The summed E-state index contributed by atoms with van der Waals surface area (Å²) in [5.41, 5.74) is 4.12. The molecule has 0 atom stereocenters. The SMILES string of the molecule is Cc1c(CN2CCOc3ccc(Cl)cc3C2)cc(C#N)n1C. The number of halogens is 1. The lowest BCUT2D eigenvalue weighted by molar-refractivity contribution is 0.219. The van der Waals surface area contributed by atoms with Crippen LogP contribution in [-0.2, 0) is 20.1 Å². The Morgan fingerprint density at radius 1 is 1.36 bits per heavy atom. The molecule has 1 aliphatic heterocycles. The minimum atomic E-state index is 0.658. The molecule has 0 saturated carbocycles. The second-order valence-electron chi connectivity index (χ2n) is 5.62. The van der Waals surface area contributed by atoms with Crippen LogP contribution in [0.15, 0.2) is 24.3 Å². The zero-order valence-electron chi connectivity index (χ0n) is 12.8. The predicted molar refractivity (Wildman–Crippen MR) is 85.9 cm³/mol. The van der Waals surface area contributed by atoms with Crippen molar-refractivity contribution in [1.82, 2.24) is 9.47 Å². The van der Waals surface area contributed by atoms with Crippen LogP contribution in [-0.4, -0.2) is 22.6 Å². The largest absolute Gasteiger partial charge is 0.492 e. The molecule has 1 aromatic carbocycles. The van der Waals surface area contributed by atoms with E-state index in [0.29, 0.717) is 12.3 Å². The Bertz CT molecular complexity index is 745. The van der Waals surface area contributed by atoms with Gasteiger partial charge in [0, 0.05) is 43.0 Å². The monoisotopic (exact) mass is 315 g/mol. The standard InChI is InChI=1S/C17H18ClN3O/c1-12-13(8-16(9-19)20(12)2)10-21-5-6-22-17-4-3-15(18)7-14(17)11-21/h3-4,7-8H,5-6,10-11H2,1-2H3. The van der Waals surface area contributed by atoms with Crippen molar-refractivity contribution in [3.05, 3.63) is 51.8 Å². The van der Waals surface area contributed by atoms with Gasteiger partial charge in [-0.2, -0.15) is 5.26 Å². The number of rotatable bonds is 2. The molecule has 3 rings (SSSR count). The van der Waals surface area contributed by atoms with Crippen LogP contribution in [0.4, 0.5) is 0 Å². The third-order valence-electron chi connectivity index (χ3n) is 4.23. The summed E-state index contributed by atoms with van der Waals surface area (Å²) < 4.78 is 7.73. The van der Waals surface area contributed by atoms with E-state index in [1.165, 1.54) is 5.56 Å². The molecule has 0 amide bonds. The van der Waals surface area contributed by atoms with Gasteiger partial charge in [0.2, 0.25) is 0 Å². The molecule has 1 aliphatic rings. The van der Waals surface area contributed by atoms with Gasteiger partial charge in [-0.25, -0.2) is 0 Å². The summed E-state index contributed by atoms with van der Waals surface area (Å²) in [5, 5.41) is 9.88. The fourth-order valence-corrected chi connectivity index (χ4v) is 3.02. The van der Waals surface area contributed by atoms with Gasteiger partial charge in [-0.3, -0.25) is 4.90 Å². The molecule has 0 bridgehead atoms. The van der Waals surface area contributed by atoms with E-state index in [1.807, 2.05) is 35.9 Å². The Morgan fingerprint density at radius 3 is 2.91 bits per heavy atom. The lowest BCUT2D eigenvalue weighted by Gasteiger charge is -2.19. The molecular formula is C17H18ClN3O. The third kappa shape index (κ3) is 2.83. The van der Waals surface area contributed by atoms with Crippen LogP contribution in [0, 0.1) is 18.3 Å². The minimum Gasteiger partial charge on any atom is -0.492 e. The number of ether oxygens (including phenoxy) is 1. The third-order valence-corrected chi connectivity index (χ3v) is 4.47. The topological polar surface area (TPSA) is 41.2 Å². The van der Waals surface area contributed by atoms with Gasteiger partial charge < -0.3 is 9.30 Å². The van der Waals surface area contributed by atoms with E-state index < -0.39 is 0 Å². The van der Waals surface area contributed by atoms with E-state index in [4.69, 9.17) is 21.6 Å². The van der Waals surface area contributed by atoms with Gasteiger partial charge in [0.25, 0.3) is 0 Å². The first-order chi connectivity index (χ1) is 10.6. The first-order valence-corrected chi connectivity index (χ1v) is 7.65. The molecule has 0 spiro atoms. The van der Waals surface area contributed by atoms with E-state index in [2.05, 4.69) is 17.9 Å². The summed E-state index contributed by atoms with van der Waals surface area (Å²) in [5.74, 6) is 0.911. The number of aromatic nitrogens is 1. The van der Waals surface area contributed by atoms with Crippen molar-refractivity contribution >= 4 is 11.6 Å². The fourth-order valence-electron chi connectivity index (χ4n) is 2.82. The smallest absolute Gasteiger partial charge is 0.123 e. The summed E-state index contributed by atoms with van der Waals surface area (Å²) >= 11 is 6.09. The van der Waals surface area contributed by atoms with Crippen LogP contribution in [0.5, 0.6) is 5.75 Å². The molecule has 2 heterocycles. The van der Waals surface area contributed by atoms with Crippen molar-refractivity contribution in [3.63, 3.8) is 0 Å². The summed E-state index contributed by atoms with van der Waals surface area (Å²) in [6.07, 6.45) is 0. The second-order valence-corrected chi connectivity index (χ2v) is 6.06. The van der Waals surface area contributed by atoms with Crippen LogP contribution in [0.2, 0.25) is 5.02 Å². The molecule has 0 radical (unpaired) electrons. The molecule has 0 fully saturated rings. The highest BCUT2D eigenvalue weighted by atomic mass is 35.5. The summed E-state index contributed by atoms with van der Waals surface area (Å²) in [6, 6.07) is 9.96. The van der Waals surface area contributed by atoms with Crippen molar-refractivity contribution in [3.8, 4) is 11.8 Å². The van der Waals surface area contributed by atoms with Crippen molar-refractivity contribution in [2.45, 2.75) is 20.0 Å². The molecule has 114 valence electrons. The normalized spacial score (nSPS) is 14.8. The molecule has 0 aliphatic carbocycles. The number of nitriles is 1. The summed E-state index contributed by atoms with van der Waals surface area (Å²) in [6.45, 7) is 5.16. The van der Waals surface area contributed by atoms with Gasteiger partial charge in [0.1, 0.15) is 24.1 Å². The molecular weight excluding hydrogens is 298 g/mol. The van der Waals surface area contributed by atoms with Gasteiger partial charge in [-0.15, -0.1) is 0 Å². The molecule has 22 heavy (non-hydrogen) atoms. The maximum Gasteiger partial charge on any atom is 0.123 e. The van der Waals surface area contributed by atoms with E-state index in [9.17, 15) is 0 Å². The number of benzene rings is 1. The summed E-state index contributed by atoms with van der Waals surface area (Å²) in [4.78, 5) is 2.33. The average molecular weight is 316 g/mol.